The molecular weight excluding hydrogens is 314 g/mol. The van der Waals surface area contributed by atoms with Gasteiger partial charge in [0.1, 0.15) is 5.69 Å². The number of benzene rings is 1. The standard InChI is InChI=1S/C7HF8NO2S/c8-1-2(9)4(11)6(5(12)3(1)10)16-19(17,18)7(13,14)15/h16H. The molecule has 0 spiro atoms. The van der Waals surface area contributed by atoms with Crippen LogP contribution in [0.1, 0.15) is 0 Å². The van der Waals surface area contributed by atoms with Crippen LogP contribution in [-0.2, 0) is 10.0 Å². The molecule has 12 heteroatoms. The lowest BCUT2D eigenvalue weighted by atomic mass is 10.2. The summed E-state index contributed by atoms with van der Waals surface area (Å²) in [6.07, 6.45) is 0. The van der Waals surface area contributed by atoms with Crippen molar-refractivity contribution in [3.05, 3.63) is 29.1 Å². The van der Waals surface area contributed by atoms with E-state index < -0.39 is 50.3 Å². The summed E-state index contributed by atoms with van der Waals surface area (Å²) < 4.78 is 121. The molecule has 0 aliphatic carbocycles. The van der Waals surface area contributed by atoms with Gasteiger partial charge in [0.15, 0.2) is 23.3 Å². The first-order chi connectivity index (χ1) is 8.40. The van der Waals surface area contributed by atoms with Gasteiger partial charge in [-0.15, -0.1) is 0 Å². The van der Waals surface area contributed by atoms with Crippen molar-refractivity contribution in [1.82, 2.24) is 0 Å². The smallest absolute Gasteiger partial charge is 0.270 e. The van der Waals surface area contributed by atoms with Crippen LogP contribution in [0.2, 0.25) is 0 Å². The number of nitrogens with one attached hydrogen (secondary N) is 1. The molecule has 0 heterocycles. The summed E-state index contributed by atoms with van der Waals surface area (Å²) in [6.45, 7) is 0. The minimum absolute atomic E-state index is 0.254. The molecule has 1 aromatic rings. The van der Waals surface area contributed by atoms with E-state index in [-0.39, 0.29) is 4.72 Å². The maximum Gasteiger partial charge on any atom is 0.516 e. The molecule has 0 aliphatic heterocycles. The fraction of sp³-hybridized carbons (Fsp3) is 0.143. The minimum Gasteiger partial charge on any atom is -0.270 e. The van der Waals surface area contributed by atoms with Gasteiger partial charge in [0.05, 0.1) is 0 Å². The molecule has 0 radical (unpaired) electrons. The first kappa shape index (κ1) is 15.5. The summed E-state index contributed by atoms with van der Waals surface area (Å²) in [7, 11) is -6.33. The molecule has 0 aliphatic rings. The molecule has 0 amide bonds. The molecule has 0 unspecified atom stereocenters. The second kappa shape index (κ2) is 4.51. The summed E-state index contributed by atoms with van der Waals surface area (Å²) in [5, 5.41) is 0. The van der Waals surface area contributed by atoms with E-state index in [1.807, 2.05) is 0 Å². The third-order valence-corrected chi connectivity index (χ3v) is 2.83. The maximum atomic E-state index is 12.9. The van der Waals surface area contributed by atoms with Gasteiger partial charge in [-0.3, -0.25) is 4.72 Å². The fourth-order valence-electron chi connectivity index (χ4n) is 0.887. The summed E-state index contributed by atoms with van der Waals surface area (Å²) in [5.41, 5.74) is -8.30. The molecule has 0 saturated heterocycles. The van der Waals surface area contributed by atoms with Gasteiger partial charge >= 0.3 is 15.5 Å². The number of rotatable bonds is 2. The Kier molecular flexibility index (Phi) is 3.67. The predicted molar refractivity (Wildman–Crippen MR) is 44.8 cm³/mol. The van der Waals surface area contributed by atoms with Crippen LogP contribution in [0.4, 0.5) is 40.8 Å². The second-order valence-corrected chi connectivity index (χ2v) is 4.67. The van der Waals surface area contributed by atoms with Crippen molar-refractivity contribution >= 4 is 15.7 Å². The van der Waals surface area contributed by atoms with Gasteiger partial charge in [0.25, 0.3) is 0 Å². The van der Waals surface area contributed by atoms with E-state index in [0.717, 1.165) is 0 Å². The minimum atomic E-state index is -6.33. The van der Waals surface area contributed by atoms with E-state index in [9.17, 15) is 43.5 Å². The lowest BCUT2D eigenvalue weighted by molar-refractivity contribution is -0.0429. The van der Waals surface area contributed by atoms with Gasteiger partial charge in [0.2, 0.25) is 5.82 Å². The average Bonchev–Trinajstić information content (AvgIpc) is 2.28. The SMILES string of the molecule is O=S(=O)(Nc1c(F)c(F)c(F)c(F)c1F)C(F)(F)F. The molecule has 108 valence electrons. The summed E-state index contributed by atoms with van der Waals surface area (Å²) >= 11 is 0. The van der Waals surface area contributed by atoms with E-state index in [0.29, 0.717) is 0 Å². The molecule has 0 bridgehead atoms. The number of anilines is 1. The second-order valence-electron chi connectivity index (χ2n) is 3.00. The van der Waals surface area contributed by atoms with E-state index >= 15 is 0 Å². The molecule has 0 fully saturated rings. The van der Waals surface area contributed by atoms with Crippen LogP contribution in [0, 0.1) is 29.1 Å². The largest absolute Gasteiger partial charge is 0.516 e. The molecule has 19 heavy (non-hydrogen) atoms. The van der Waals surface area contributed by atoms with Crippen LogP contribution in [0.25, 0.3) is 0 Å². The topological polar surface area (TPSA) is 46.2 Å². The highest BCUT2D eigenvalue weighted by molar-refractivity contribution is 7.93. The van der Waals surface area contributed by atoms with Crippen molar-refractivity contribution in [2.45, 2.75) is 5.51 Å². The maximum absolute atomic E-state index is 12.9. The van der Waals surface area contributed by atoms with Gasteiger partial charge in [-0.25, -0.2) is 22.0 Å². The van der Waals surface area contributed by atoms with Crippen LogP contribution in [0.3, 0.4) is 0 Å². The number of hydrogen-bond acceptors (Lipinski definition) is 2. The predicted octanol–water partition coefficient (Wildman–Crippen LogP) is 2.64. The molecule has 1 aromatic carbocycles. The summed E-state index contributed by atoms with van der Waals surface area (Å²) in [4.78, 5) is 0. The molecule has 0 atom stereocenters. The number of sulfonamides is 1. The fourth-order valence-corrected chi connectivity index (χ4v) is 1.45. The Balaban J connectivity index is 3.48. The average molecular weight is 315 g/mol. The zero-order valence-electron chi connectivity index (χ0n) is 8.25. The van der Waals surface area contributed by atoms with Crippen molar-refractivity contribution in [3.63, 3.8) is 0 Å². The Morgan fingerprint density at radius 3 is 1.37 bits per heavy atom. The van der Waals surface area contributed by atoms with E-state index in [1.54, 1.807) is 0 Å². The van der Waals surface area contributed by atoms with Crippen molar-refractivity contribution in [3.8, 4) is 0 Å². The molecule has 3 nitrogen and oxygen atoms in total. The summed E-state index contributed by atoms with van der Waals surface area (Å²) in [6, 6.07) is 0. The monoisotopic (exact) mass is 315 g/mol. The van der Waals surface area contributed by atoms with Crippen molar-refractivity contribution in [1.29, 1.82) is 0 Å². The Hall–Kier alpha value is -1.59. The third-order valence-electron chi connectivity index (χ3n) is 1.75. The Morgan fingerprint density at radius 2 is 1.05 bits per heavy atom. The van der Waals surface area contributed by atoms with Gasteiger partial charge in [-0.1, -0.05) is 0 Å². The van der Waals surface area contributed by atoms with Crippen LogP contribution in [-0.4, -0.2) is 13.9 Å². The Morgan fingerprint density at radius 1 is 0.737 bits per heavy atom. The molecule has 0 aromatic heterocycles. The number of halogens is 8. The lowest BCUT2D eigenvalue weighted by Crippen LogP contribution is -2.31. The first-order valence-electron chi connectivity index (χ1n) is 4.00. The van der Waals surface area contributed by atoms with Gasteiger partial charge in [-0.05, 0) is 0 Å². The third kappa shape index (κ3) is 2.57. The van der Waals surface area contributed by atoms with Crippen LogP contribution >= 0.6 is 0 Å². The van der Waals surface area contributed by atoms with Crippen molar-refractivity contribution in [2.24, 2.45) is 0 Å². The normalized spacial score (nSPS) is 12.6. The molecular formula is C7HF8NO2S. The van der Waals surface area contributed by atoms with Gasteiger partial charge in [-0.2, -0.15) is 21.6 Å². The van der Waals surface area contributed by atoms with Crippen LogP contribution in [0.15, 0.2) is 0 Å². The first-order valence-corrected chi connectivity index (χ1v) is 5.49. The molecule has 1 N–H and O–H groups in total. The Labute approximate surface area is 99.4 Å². The van der Waals surface area contributed by atoms with Crippen LogP contribution in [0.5, 0.6) is 0 Å². The molecule has 0 saturated carbocycles. The zero-order valence-corrected chi connectivity index (χ0v) is 9.06. The zero-order chi connectivity index (χ0) is 15.2. The van der Waals surface area contributed by atoms with Crippen molar-refractivity contribution in [2.75, 3.05) is 4.72 Å². The van der Waals surface area contributed by atoms with Gasteiger partial charge < -0.3 is 0 Å². The van der Waals surface area contributed by atoms with E-state index in [2.05, 4.69) is 0 Å². The highest BCUT2D eigenvalue weighted by Gasteiger charge is 2.47. The van der Waals surface area contributed by atoms with E-state index in [1.165, 1.54) is 0 Å². The van der Waals surface area contributed by atoms with Gasteiger partial charge in [0, 0.05) is 0 Å². The quantitative estimate of drug-likeness (QED) is 0.518. The van der Waals surface area contributed by atoms with Crippen LogP contribution < -0.4 is 4.72 Å². The van der Waals surface area contributed by atoms with Crippen molar-refractivity contribution < 1.29 is 43.5 Å². The Bertz CT molecular complexity index is 594. The number of hydrogen-bond donors (Lipinski definition) is 1. The lowest BCUT2D eigenvalue weighted by Gasteiger charge is -2.12. The summed E-state index contributed by atoms with van der Waals surface area (Å²) in [5.74, 6) is -13.3. The highest BCUT2D eigenvalue weighted by Crippen LogP contribution is 2.31. The number of alkyl halides is 3. The van der Waals surface area contributed by atoms with E-state index in [4.69, 9.17) is 0 Å². The molecule has 1 rings (SSSR count). The highest BCUT2D eigenvalue weighted by atomic mass is 32.2.